The monoisotopic (exact) mass is 359 g/mol. The first-order chi connectivity index (χ1) is 11.9. The fourth-order valence-corrected chi connectivity index (χ4v) is 3.70. The average Bonchev–Trinajstić information content (AvgIpc) is 3.11. The third-order valence-corrected chi connectivity index (χ3v) is 5.52. The molecule has 0 fully saturated rings. The smallest absolute Gasteiger partial charge is 0.241 e. The Morgan fingerprint density at radius 1 is 1.16 bits per heavy atom. The van der Waals surface area contributed by atoms with Gasteiger partial charge in [-0.15, -0.1) is 0 Å². The van der Waals surface area contributed by atoms with Gasteiger partial charge in [-0.1, -0.05) is 18.2 Å². The molecule has 3 aromatic rings. The summed E-state index contributed by atoms with van der Waals surface area (Å²) < 4.78 is 43.0. The number of halogens is 1. The van der Waals surface area contributed by atoms with Crippen LogP contribution < -0.4 is 4.72 Å². The third-order valence-electron chi connectivity index (χ3n) is 3.98. The summed E-state index contributed by atoms with van der Waals surface area (Å²) in [4.78, 5) is 3.91. The number of benzene rings is 2. The van der Waals surface area contributed by atoms with Gasteiger partial charge in [0.05, 0.1) is 11.2 Å². The molecule has 3 rings (SSSR count). The summed E-state index contributed by atoms with van der Waals surface area (Å²) in [6.45, 7) is 3.33. The van der Waals surface area contributed by atoms with E-state index in [9.17, 15) is 12.8 Å². The highest BCUT2D eigenvalue weighted by Gasteiger charge is 2.19. The first kappa shape index (κ1) is 17.3. The predicted molar refractivity (Wildman–Crippen MR) is 93.4 cm³/mol. The maximum Gasteiger partial charge on any atom is 0.241 e. The largest absolute Gasteiger partial charge is 0.306 e. The van der Waals surface area contributed by atoms with Gasteiger partial charge < -0.3 is 4.57 Å². The maximum absolute atomic E-state index is 13.6. The minimum absolute atomic E-state index is 0.0857. The van der Waals surface area contributed by atoms with Gasteiger partial charge in [0.25, 0.3) is 0 Å². The summed E-state index contributed by atoms with van der Waals surface area (Å²) in [5.74, 6) is -0.541. The molecule has 1 N–H and O–H groups in total. The molecule has 0 aliphatic rings. The molecule has 0 spiro atoms. The third kappa shape index (κ3) is 3.78. The SMILES string of the molecule is Cc1ccc(S(=O)(=O)NC(C)c2ccc(-n3ccnc3)cc2)cc1F. The van der Waals surface area contributed by atoms with E-state index < -0.39 is 21.9 Å². The van der Waals surface area contributed by atoms with Crippen molar-refractivity contribution in [3.8, 4) is 5.69 Å². The second kappa shape index (κ2) is 6.78. The number of nitrogens with zero attached hydrogens (tertiary/aromatic N) is 2. The van der Waals surface area contributed by atoms with Crippen molar-refractivity contribution in [3.63, 3.8) is 0 Å². The van der Waals surface area contributed by atoms with Gasteiger partial charge in [-0.2, -0.15) is 0 Å². The minimum atomic E-state index is -3.81. The molecule has 0 saturated carbocycles. The normalized spacial score (nSPS) is 12.9. The Labute approximate surface area is 146 Å². The van der Waals surface area contributed by atoms with E-state index in [0.29, 0.717) is 5.56 Å². The summed E-state index contributed by atoms with van der Waals surface area (Å²) in [6, 6.07) is 10.9. The number of aryl methyl sites for hydroxylation is 1. The molecule has 5 nitrogen and oxygen atoms in total. The van der Waals surface area contributed by atoms with E-state index in [-0.39, 0.29) is 4.90 Å². The first-order valence-electron chi connectivity index (χ1n) is 7.73. The molecule has 7 heteroatoms. The van der Waals surface area contributed by atoms with Gasteiger partial charge in [-0.3, -0.25) is 0 Å². The van der Waals surface area contributed by atoms with Crippen molar-refractivity contribution >= 4 is 10.0 Å². The Bertz CT molecular complexity index is 968. The lowest BCUT2D eigenvalue weighted by Crippen LogP contribution is -2.27. The molecule has 0 aliphatic carbocycles. The Balaban J connectivity index is 1.78. The maximum atomic E-state index is 13.6. The van der Waals surface area contributed by atoms with Crippen molar-refractivity contribution in [2.75, 3.05) is 0 Å². The van der Waals surface area contributed by atoms with Crippen molar-refractivity contribution in [1.82, 2.24) is 14.3 Å². The van der Waals surface area contributed by atoms with Crippen LogP contribution in [0.1, 0.15) is 24.1 Å². The number of hydrogen-bond donors (Lipinski definition) is 1. The fourth-order valence-electron chi connectivity index (χ4n) is 2.46. The Morgan fingerprint density at radius 2 is 1.88 bits per heavy atom. The summed E-state index contributed by atoms with van der Waals surface area (Å²) >= 11 is 0. The highest BCUT2D eigenvalue weighted by Crippen LogP contribution is 2.20. The number of imidazole rings is 1. The summed E-state index contributed by atoms with van der Waals surface area (Å²) in [7, 11) is -3.81. The van der Waals surface area contributed by atoms with Crippen LogP contribution in [0.2, 0.25) is 0 Å². The summed E-state index contributed by atoms with van der Waals surface area (Å²) in [6.07, 6.45) is 5.20. The zero-order chi connectivity index (χ0) is 18.0. The van der Waals surface area contributed by atoms with Crippen LogP contribution in [0, 0.1) is 12.7 Å². The molecule has 0 aliphatic heterocycles. The van der Waals surface area contributed by atoms with E-state index >= 15 is 0 Å². The number of hydrogen-bond acceptors (Lipinski definition) is 3. The van der Waals surface area contributed by atoms with Gasteiger partial charge in [0, 0.05) is 24.1 Å². The molecule has 1 aromatic heterocycles. The van der Waals surface area contributed by atoms with E-state index in [2.05, 4.69) is 9.71 Å². The molecule has 1 unspecified atom stereocenters. The quantitative estimate of drug-likeness (QED) is 0.760. The molecular weight excluding hydrogens is 341 g/mol. The lowest BCUT2D eigenvalue weighted by molar-refractivity contribution is 0.563. The fraction of sp³-hybridized carbons (Fsp3) is 0.167. The zero-order valence-electron chi connectivity index (χ0n) is 13.8. The van der Waals surface area contributed by atoms with E-state index in [1.54, 1.807) is 26.4 Å². The Hall–Kier alpha value is -2.51. The van der Waals surface area contributed by atoms with Crippen molar-refractivity contribution in [2.45, 2.75) is 24.8 Å². The zero-order valence-corrected chi connectivity index (χ0v) is 14.7. The van der Waals surface area contributed by atoms with Crippen LogP contribution in [-0.4, -0.2) is 18.0 Å². The number of rotatable bonds is 5. The lowest BCUT2D eigenvalue weighted by atomic mass is 10.1. The molecule has 1 heterocycles. The molecular formula is C18H18FN3O2S. The van der Waals surface area contributed by atoms with E-state index in [0.717, 1.165) is 17.3 Å². The van der Waals surface area contributed by atoms with Crippen LogP contribution in [0.5, 0.6) is 0 Å². The molecule has 0 saturated heterocycles. The molecule has 0 bridgehead atoms. The van der Waals surface area contributed by atoms with E-state index in [4.69, 9.17) is 0 Å². The van der Waals surface area contributed by atoms with E-state index in [1.807, 2.05) is 35.0 Å². The highest BCUT2D eigenvalue weighted by molar-refractivity contribution is 7.89. The van der Waals surface area contributed by atoms with Crippen molar-refractivity contribution in [3.05, 3.63) is 78.1 Å². The first-order valence-corrected chi connectivity index (χ1v) is 9.22. The molecule has 25 heavy (non-hydrogen) atoms. The van der Waals surface area contributed by atoms with Gasteiger partial charge in [0.15, 0.2) is 0 Å². The molecule has 130 valence electrons. The van der Waals surface area contributed by atoms with Crippen LogP contribution >= 0.6 is 0 Å². The topological polar surface area (TPSA) is 64.0 Å². The Morgan fingerprint density at radius 3 is 2.48 bits per heavy atom. The van der Waals surface area contributed by atoms with Crippen LogP contribution in [0.4, 0.5) is 4.39 Å². The van der Waals surface area contributed by atoms with Crippen molar-refractivity contribution in [2.24, 2.45) is 0 Å². The second-order valence-corrected chi connectivity index (χ2v) is 7.53. The predicted octanol–water partition coefficient (Wildman–Crippen LogP) is 3.36. The van der Waals surface area contributed by atoms with Gasteiger partial charge in [-0.05, 0) is 49.2 Å². The van der Waals surface area contributed by atoms with Crippen molar-refractivity contribution < 1.29 is 12.8 Å². The summed E-state index contributed by atoms with van der Waals surface area (Å²) in [5.41, 5.74) is 2.14. The number of aromatic nitrogens is 2. The minimum Gasteiger partial charge on any atom is -0.306 e. The van der Waals surface area contributed by atoms with E-state index in [1.165, 1.54) is 12.1 Å². The van der Waals surface area contributed by atoms with Crippen LogP contribution in [0.3, 0.4) is 0 Å². The molecule has 0 amide bonds. The standard InChI is InChI=1S/C18H18FN3O2S/c1-13-3-8-17(11-18(13)19)25(23,24)21-14(2)15-4-6-16(7-5-15)22-10-9-20-12-22/h3-12,14,21H,1-2H3. The van der Waals surface area contributed by atoms with Gasteiger partial charge in [0.1, 0.15) is 5.82 Å². The van der Waals surface area contributed by atoms with Gasteiger partial charge in [-0.25, -0.2) is 22.5 Å². The number of sulfonamides is 1. The van der Waals surface area contributed by atoms with Crippen molar-refractivity contribution in [1.29, 1.82) is 0 Å². The van der Waals surface area contributed by atoms with Gasteiger partial charge in [0.2, 0.25) is 10.0 Å². The van der Waals surface area contributed by atoms with Crippen LogP contribution in [0.25, 0.3) is 5.69 Å². The Kier molecular flexibility index (Phi) is 4.69. The lowest BCUT2D eigenvalue weighted by Gasteiger charge is -2.15. The van der Waals surface area contributed by atoms with Crippen LogP contribution in [0.15, 0.2) is 66.1 Å². The average molecular weight is 359 g/mol. The summed E-state index contributed by atoms with van der Waals surface area (Å²) in [5, 5.41) is 0. The highest BCUT2D eigenvalue weighted by atomic mass is 32.2. The number of nitrogens with one attached hydrogen (secondary N) is 1. The second-order valence-electron chi connectivity index (χ2n) is 5.82. The molecule has 0 radical (unpaired) electrons. The molecule has 1 atom stereocenters. The van der Waals surface area contributed by atoms with Crippen LogP contribution in [-0.2, 0) is 10.0 Å². The van der Waals surface area contributed by atoms with Gasteiger partial charge >= 0.3 is 0 Å². The molecule has 2 aromatic carbocycles.